The highest BCUT2D eigenvalue weighted by Gasteiger charge is 1.97. The van der Waals surface area contributed by atoms with Crippen LogP contribution in [-0.2, 0) is 0 Å². The summed E-state index contributed by atoms with van der Waals surface area (Å²) >= 11 is 0. The number of benzene rings is 2. The van der Waals surface area contributed by atoms with Crippen LogP contribution in [0.15, 0.2) is 52.4 Å². The third-order valence-electron chi connectivity index (χ3n) is 4.06. The second-order valence-electron chi connectivity index (χ2n) is 6.04. The fraction of sp³-hybridized carbons (Fsp3) is 0.333. The quantitative estimate of drug-likeness (QED) is 0.552. The zero-order valence-corrected chi connectivity index (χ0v) is 15.2. The van der Waals surface area contributed by atoms with Gasteiger partial charge in [-0.15, -0.1) is 0 Å². The Hall–Kier alpha value is -2.42. The molecule has 0 aliphatic rings. The fourth-order valence-corrected chi connectivity index (χ4v) is 2.42. The van der Waals surface area contributed by atoms with Crippen LogP contribution in [0.4, 0.5) is 5.69 Å². The maximum absolute atomic E-state index is 4.47. The molecule has 0 spiro atoms. The standard InChI is InChI=1S/C21H27N3/c1-5-24(4)21-10-7-19(8-11-21)15-22-12-13-23-16-20-9-6-17(2)14-18(20)3/h6-11,14-16H,5,12-13H2,1-4H3. The molecule has 0 amide bonds. The van der Waals surface area contributed by atoms with Gasteiger partial charge < -0.3 is 4.90 Å². The predicted molar refractivity (Wildman–Crippen MR) is 106 cm³/mol. The minimum absolute atomic E-state index is 0.706. The molecule has 0 unspecified atom stereocenters. The van der Waals surface area contributed by atoms with E-state index in [1.807, 2.05) is 12.4 Å². The number of anilines is 1. The topological polar surface area (TPSA) is 28.0 Å². The van der Waals surface area contributed by atoms with Gasteiger partial charge in [0.2, 0.25) is 0 Å². The van der Waals surface area contributed by atoms with Crippen LogP contribution in [0.2, 0.25) is 0 Å². The Balaban J connectivity index is 1.81. The molecule has 0 aromatic heterocycles. The van der Waals surface area contributed by atoms with E-state index >= 15 is 0 Å². The summed E-state index contributed by atoms with van der Waals surface area (Å²) < 4.78 is 0. The number of rotatable bonds is 7. The van der Waals surface area contributed by atoms with Crippen molar-refractivity contribution in [3.05, 3.63) is 64.7 Å². The molecule has 0 saturated carbocycles. The SMILES string of the molecule is CCN(C)c1ccc(C=NCCN=Cc2ccc(C)cc2C)cc1. The van der Waals surface area contributed by atoms with Gasteiger partial charge in [0.15, 0.2) is 0 Å². The smallest absolute Gasteiger partial charge is 0.0585 e. The molecule has 3 nitrogen and oxygen atoms in total. The molecule has 0 aliphatic carbocycles. The first-order valence-corrected chi connectivity index (χ1v) is 8.48. The van der Waals surface area contributed by atoms with E-state index in [2.05, 4.69) is 85.2 Å². The molecule has 0 radical (unpaired) electrons. The van der Waals surface area contributed by atoms with E-state index in [0.29, 0.717) is 13.1 Å². The normalized spacial score (nSPS) is 11.5. The van der Waals surface area contributed by atoms with Crippen LogP contribution in [0.1, 0.15) is 29.2 Å². The number of aliphatic imine (C=N–C) groups is 2. The molecule has 24 heavy (non-hydrogen) atoms. The minimum Gasteiger partial charge on any atom is -0.375 e. The molecule has 126 valence electrons. The van der Waals surface area contributed by atoms with Gasteiger partial charge in [-0.3, -0.25) is 9.98 Å². The van der Waals surface area contributed by atoms with Crippen molar-refractivity contribution >= 4 is 18.1 Å². The lowest BCUT2D eigenvalue weighted by Crippen LogP contribution is -2.15. The largest absolute Gasteiger partial charge is 0.375 e. The van der Waals surface area contributed by atoms with E-state index in [4.69, 9.17) is 0 Å². The summed E-state index contributed by atoms with van der Waals surface area (Å²) in [5.74, 6) is 0. The van der Waals surface area contributed by atoms with E-state index in [1.165, 1.54) is 22.4 Å². The second-order valence-corrected chi connectivity index (χ2v) is 6.04. The average Bonchev–Trinajstić information content (AvgIpc) is 2.59. The summed E-state index contributed by atoms with van der Waals surface area (Å²) in [7, 11) is 2.09. The first-order chi connectivity index (χ1) is 11.6. The lowest BCUT2D eigenvalue weighted by atomic mass is 10.1. The van der Waals surface area contributed by atoms with E-state index in [-0.39, 0.29) is 0 Å². The van der Waals surface area contributed by atoms with Crippen LogP contribution in [0.25, 0.3) is 0 Å². The van der Waals surface area contributed by atoms with Gasteiger partial charge >= 0.3 is 0 Å². The Morgan fingerprint density at radius 3 is 2.21 bits per heavy atom. The summed E-state index contributed by atoms with van der Waals surface area (Å²) in [6, 6.07) is 14.9. The number of aryl methyl sites for hydroxylation is 2. The van der Waals surface area contributed by atoms with Gasteiger partial charge in [-0.1, -0.05) is 35.9 Å². The van der Waals surface area contributed by atoms with Crippen molar-refractivity contribution in [3.63, 3.8) is 0 Å². The Morgan fingerprint density at radius 2 is 1.58 bits per heavy atom. The van der Waals surface area contributed by atoms with Gasteiger partial charge in [-0.2, -0.15) is 0 Å². The Kier molecular flexibility index (Phi) is 6.74. The Bertz CT molecular complexity index is 700. The molecule has 2 rings (SSSR count). The molecular formula is C21H27N3. The lowest BCUT2D eigenvalue weighted by Gasteiger charge is -2.16. The molecule has 0 bridgehead atoms. The van der Waals surface area contributed by atoms with Crippen LogP contribution in [0.5, 0.6) is 0 Å². The van der Waals surface area contributed by atoms with Crippen molar-refractivity contribution in [2.24, 2.45) is 9.98 Å². The van der Waals surface area contributed by atoms with Crippen molar-refractivity contribution in [3.8, 4) is 0 Å². The van der Waals surface area contributed by atoms with Crippen LogP contribution in [0, 0.1) is 13.8 Å². The van der Waals surface area contributed by atoms with Gasteiger partial charge in [-0.05, 0) is 49.6 Å². The number of hydrogen-bond acceptors (Lipinski definition) is 3. The summed E-state index contributed by atoms with van der Waals surface area (Å²) in [6.45, 7) is 8.79. The molecule has 3 heteroatoms. The van der Waals surface area contributed by atoms with E-state index < -0.39 is 0 Å². The van der Waals surface area contributed by atoms with Crippen LogP contribution >= 0.6 is 0 Å². The molecule has 0 saturated heterocycles. The van der Waals surface area contributed by atoms with Crippen molar-refractivity contribution in [1.29, 1.82) is 0 Å². The summed E-state index contributed by atoms with van der Waals surface area (Å²) in [4.78, 5) is 11.1. The predicted octanol–water partition coefficient (Wildman–Crippen LogP) is 4.30. The lowest BCUT2D eigenvalue weighted by molar-refractivity contribution is 0.968. The second kappa shape index (κ2) is 9.02. The first kappa shape index (κ1) is 17.9. The molecular weight excluding hydrogens is 294 g/mol. The van der Waals surface area contributed by atoms with Crippen LogP contribution < -0.4 is 4.90 Å². The highest BCUT2D eigenvalue weighted by Crippen LogP contribution is 2.12. The van der Waals surface area contributed by atoms with Crippen molar-refractivity contribution in [1.82, 2.24) is 0 Å². The third-order valence-corrected chi connectivity index (χ3v) is 4.06. The van der Waals surface area contributed by atoms with Gasteiger partial charge in [0.1, 0.15) is 0 Å². The zero-order chi connectivity index (χ0) is 17.4. The first-order valence-electron chi connectivity index (χ1n) is 8.48. The highest BCUT2D eigenvalue weighted by molar-refractivity contribution is 5.82. The molecule has 0 N–H and O–H groups in total. The van der Waals surface area contributed by atoms with E-state index in [1.54, 1.807) is 0 Å². The monoisotopic (exact) mass is 321 g/mol. The van der Waals surface area contributed by atoms with E-state index in [9.17, 15) is 0 Å². The molecule has 2 aromatic rings. The minimum atomic E-state index is 0.706. The van der Waals surface area contributed by atoms with Crippen molar-refractivity contribution in [2.45, 2.75) is 20.8 Å². The molecule has 0 fully saturated rings. The molecule has 0 atom stereocenters. The average molecular weight is 321 g/mol. The molecule has 2 aromatic carbocycles. The van der Waals surface area contributed by atoms with Gasteiger partial charge in [-0.25, -0.2) is 0 Å². The van der Waals surface area contributed by atoms with Crippen LogP contribution in [-0.4, -0.2) is 39.1 Å². The Labute approximate surface area is 145 Å². The summed E-state index contributed by atoms with van der Waals surface area (Å²) in [6.07, 6.45) is 3.86. The van der Waals surface area contributed by atoms with Crippen molar-refractivity contribution in [2.75, 3.05) is 31.6 Å². The fourth-order valence-electron chi connectivity index (χ4n) is 2.42. The highest BCUT2D eigenvalue weighted by atomic mass is 15.1. The van der Waals surface area contributed by atoms with Gasteiger partial charge in [0.05, 0.1) is 13.1 Å². The van der Waals surface area contributed by atoms with Crippen molar-refractivity contribution < 1.29 is 0 Å². The van der Waals surface area contributed by atoms with Gasteiger partial charge in [0, 0.05) is 31.7 Å². The number of hydrogen-bond donors (Lipinski definition) is 0. The molecule has 0 aliphatic heterocycles. The maximum Gasteiger partial charge on any atom is 0.0585 e. The van der Waals surface area contributed by atoms with E-state index in [0.717, 1.165) is 12.1 Å². The summed E-state index contributed by atoms with van der Waals surface area (Å²) in [5, 5.41) is 0. The van der Waals surface area contributed by atoms with Gasteiger partial charge in [0.25, 0.3) is 0 Å². The number of nitrogens with zero attached hydrogens (tertiary/aromatic N) is 3. The van der Waals surface area contributed by atoms with Crippen LogP contribution in [0.3, 0.4) is 0 Å². The summed E-state index contributed by atoms with van der Waals surface area (Å²) in [5.41, 5.74) is 6.08. The third kappa shape index (κ3) is 5.34. The zero-order valence-electron chi connectivity index (χ0n) is 15.2. The molecule has 0 heterocycles. The maximum atomic E-state index is 4.47. The Morgan fingerprint density at radius 1 is 0.917 bits per heavy atom.